The number of hydrogen-bond donors (Lipinski definition) is 1. The Hall–Kier alpha value is -1.09. The standard InChI is InChI=1S/C12H12ClFO2/c1-2-7-5-8(6-9(13)10(7)14)12(3-4-12)11(15)16/h5-6H,2-4H2,1H3,(H,15,16). The molecule has 2 nitrogen and oxygen atoms in total. The van der Waals surface area contributed by atoms with E-state index in [4.69, 9.17) is 16.7 Å². The van der Waals surface area contributed by atoms with E-state index in [1.165, 1.54) is 6.07 Å². The summed E-state index contributed by atoms with van der Waals surface area (Å²) in [6.07, 6.45) is 1.72. The molecule has 1 aliphatic rings. The fourth-order valence-electron chi connectivity index (χ4n) is 1.93. The van der Waals surface area contributed by atoms with Crippen LogP contribution in [-0.2, 0) is 16.6 Å². The summed E-state index contributed by atoms with van der Waals surface area (Å²) in [5, 5.41) is 9.16. The number of rotatable bonds is 3. The van der Waals surface area contributed by atoms with Crippen molar-refractivity contribution in [3.63, 3.8) is 0 Å². The number of carboxylic acids is 1. The molecule has 0 spiro atoms. The molecule has 86 valence electrons. The Morgan fingerprint density at radius 3 is 2.62 bits per heavy atom. The molecule has 0 aromatic heterocycles. The third-order valence-electron chi connectivity index (χ3n) is 3.20. The van der Waals surface area contributed by atoms with Crippen molar-refractivity contribution in [1.29, 1.82) is 0 Å². The van der Waals surface area contributed by atoms with Gasteiger partial charge in [-0.3, -0.25) is 4.79 Å². The molecule has 0 atom stereocenters. The van der Waals surface area contributed by atoms with Gasteiger partial charge in [-0.1, -0.05) is 24.6 Å². The lowest BCUT2D eigenvalue weighted by molar-refractivity contribution is -0.140. The highest BCUT2D eigenvalue weighted by atomic mass is 35.5. The first-order chi connectivity index (χ1) is 7.51. The first-order valence-electron chi connectivity index (χ1n) is 5.23. The minimum absolute atomic E-state index is 0.0156. The van der Waals surface area contributed by atoms with E-state index in [9.17, 15) is 9.18 Å². The van der Waals surface area contributed by atoms with Crippen molar-refractivity contribution in [3.05, 3.63) is 34.1 Å². The van der Waals surface area contributed by atoms with Crippen LogP contribution in [0.4, 0.5) is 4.39 Å². The van der Waals surface area contributed by atoms with Crippen LogP contribution >= 0.6 is 11.6 Å². The number of aliphatic carboxylic acids is 1. The summed E-state index contributed by atoms with van der Waals surface area (Å²) in [6.45, 7) is 1.82. The minimum atomic E-state index is -0.850. The topological polar surface area (TPSA) is 37.3 Å². The second kappa shape index (κ2) is 3.74. The van der Waals surface area contributed by atoms with E-state index >= 15 is 0 Å². The highest BCUT2D eigenvalue weighted by molar-refractivity contribution is 6.30. The predicted molar refractivity (Wildman–Crippen MR) is 59.3 cm³/mol. The number of benzene rings is 1. The van der Waals surface area contributed by atoms with Crippen LogP contribution in [0.25, 0.3) is 0 Å². The molecule has 1 fully saturated rings. The molecule has 0 amide bonds. The van der Waals surface area contributed by atoms with Gasteiger partial charge in [0.15, 0.2) is 0 Å². The summed E-state index contributed by atoms with van der Waals surface area (Å²) < 4.78 is 13.5. The lowest BCUT2D eigenvalue weighted by atomic mass is 9.93. The van der Waals surface area contributed by atoms with Gasteiger partial charge in [-0.15, -0.1) is 0 Å². The largest absolute Gasteiger partial charge is 0.481 e. The molecule has 2 rings (SSSR count). The summed E-state index contributed by atoms with van der Waals surface area (Å²) in [7, 11) is 0. The first kappa shape index (κ1) is 11.4. The lowest BCUT2D eigenvalue weighted by Gasteiger charge is -2.13. The fourth-order valence-corrected chi connectivity index (χ4v) is 2.17. The average molecular weight is 243 g/mol. The normalized spacial score (nSPS) is 17.2. The van der Waals surface area contributed by atoms with E-state index in [0.29, 0.717) is 30.4 Å². The summed E-state index contributed by atoms with van der Waals surface area (Å²) in [6, 6.07) is 3.07. The number of aryl methyl sites for hydroxylation is 1. The molecular weight excluding hydrogens is 231 g/mol. The van der Waals surface area contributed by atoms with Crippen LogP contribution < -0.4 is 0 Å². The third kappa shape index (κ3) is 1.59. The SMILES string of the molecule is CCc1cc(C2(C(=O)O)CC2)cc(Cl)c1F. The molecule has 0 bridgehead atoms. The van der Waals surface area contributed by atoms with Crippen LogP contribution in [0.3, 0.4) is 0 Å². The molecular formula is C12H12ClFO2. The van der Waals surface area contributed by atoms with Crippen LogP contribution in [-0.4, -0.2) is 11.1 Å². The molecule has 0 radical (unpaired) electrons. The lowest BCUT2D eigenvalue weighted by Crippen LogP contribution is -2.20. The zero-order valence-corrected chi connectivity index (χ0v) is 9.64. The first-order valence-corrected chi connectivity index (χ1v) is 5.61. The zero-order valence-electron chi connectivity index (χ0n) is 8.89. The Balaban J connectivity index is 2.51. The molecule has 1 aromatic carbocycles. The maximum Gasteiger partial charge on any atom is 0.314 e. The minimum Gasteiger partial charge on any atom is -0.481 e. The van der Waals surface area contributed by atoms with Crippen molar-refractivity contribution in [2.24, 2.45) is 0 Å². The number of carbonyl (C=O) groups is 1. The maximum absolute atomic E-state index is 13.5. The van der Waals surface area contributed by atoms with Crippen LogP contribution in [0.1, 0.15) is 30.9 Å². The van der Waals surface area contributed by atoms with Gasteiger partial charge in [-0.25, -0.2) is 4.39 Å². The Labute approximate surface area is 98.0 Å². The highest BCUT2D eigenvalue weighted by Crippen LogP contribution is 2.49. The van der Waals surface area contributed by atoms with Gasteiger partial charge in [0.25, 0.3) is 0 Å². The van der Waals surface area contributed by atoms with Gasteiger partial charge >= 0.3 is 5.97 Å². The van der Waals surface area contributed by atoms with Crippen molar-refractivity contribution < 1.29 is 14.3 Å². The van der Waals surface area contributed by atoms with E-state index in [0.717, 1.165) is 0 Å². The third-order valence-corrected chi connectivity index (χ3v) is 3.47. The number of carboxylic acid groups (broad SMARTS) is 1. The summed E-state index contributed by atoms with van der Waals surface area (Å²) >= 11 is 5.77. The molecule has 0 unspecified atom stereocenters. The van der Waals surface area contributed by atoms with Gasteiger partial charge in [0.2, 0.25) is 0 Å². The second-order valence-corrected chi connectivity index (χ2v) is 4.58. The van der Waals surface area contributed by atoms with Crippen molar-refractivity contribution in [3.8, 4) is 0 Å². The van der Waals surface area contributed by atoms with Crippen molar-refractivity contribution in [1.82, 2.24) is 0 Å². The van der Waals surface area contributed by atoms with Gasteiger partial charge in [0, 0.05) is 0 Å². The van der Waals surface area contributed by atoms with Gasteiger partial charge in [-0.2, -0.15) is 0 Å². The van der Waals surface area contributed by atoms with Crippen LogP contribution in [0.2, 0.25) is 5.02 Å². The molecule has 1 N–H and O–H groups in total. The van der Waals surface area contributed by atoms with Crippen molar-refractivity contribution in [2.75, 3.05) is 0 Å². The Kier molecular flexibility index (Phi) is 2.66. The summed E-state index contributed by atoms with van der Waals surface area (Å²) in [5.74, 6) is -1.29. The molecule has 0 aliphatic heterocycles. The van der Waals surface area contributed by atoms with Gasteiger partial charge in [-0.05, 0) is 36.5 Å². The fraction of sp³-hybridized carbons (Fsp3) is 0.417. The molecule has 1 saturated carbocycles. The molecule has 4 heteroatoms. The van der Waals surface area contributed by atoms with E-state index in [2.05, 4.69) is 0 Å². The second-order valence-electron chi connectivity index (χ2n) is 4.17. The van der Waals surface area contributed by atoms with Gasteiger partial charge in [0.1, 0.15) is 5.82 Å². The van der Waals surface area contributed by atoms with Crippen LogP contribution in [0.5, 0.6) is 0 Å². The zero-order chi connectivity index (χ0) is 11.9. The highest BCUT2D eigenvalue weighted by Gasteiger charge is 2.52. The Morgan fingerprint density at radius 2 is 2.19 bits per heavy atom. The van der Waals surface area contributed by atoms with Crippen LogP contribution in [0, 0.1) is 5.82 Å². The number of hydrogen-bond acceptors (Lipinski definition) is 1. The van der Waals surface area contributed by atoms with Gasteiger partial charge < -0.3 is 5.11 Å². The molecule has 0 heterocycles. The van der Waals surface area contributed by atoms with Crippen LogP contribution in [0.15, 0.2) is 12.1 Å². The van der Waals surface area contributed by atoms with Crippen molar-refractivity contribution in [2.45, 2.75) is 31.6 Å². The van der Waals surface area contributed by atoms with Crippen molar-refractivity contribution >= 4 is 17.6 Å². The predicted octanol–water partition coefficient (Wildman–Crippen LogP) is 3.16. The smallest absolute Gasteiger partial charge is 0.314 e. The van der Waals surface area contributed by atoms with E-state index in [1.54, 1.807) is 6.07 Å². The van der Waals surface area contributed by atoms with Gasteiger partial charge in [0.05, 0.1) is 10.4 Å². The summed E-state index contributed by atoms with van der Waals surface area (Å²) in [5.41, 5.74) is 0.291. The van der Waals surface area contributed by atoms with E-state index in [-0.39, 0.29) is 5.02 Å². The Morgan fingerprint density at radius 1 is 1.56 bits per heavy atom. The average Bonchev–Trinajstić information content (AvgIpc) is 3.02. The van der Waals surface area contributed by atoms with E-state index < -0.39 is 17.2 Å². The quantitative estimate of drug-likeness (QED) is 0.884. The molecule has 1 aliphatic carbocycles. The molecule has 0 saturated heterocycles. The van der Waals surface area contributed by atoms with E-state index in [1.807, 2.05) is 6.92 Å². The maximum atomic E-state index is 13.5. The Bertz CT molecular complexity index is 453. The monoisotopic (exact) mass is 242 g/mol. The molecule has 1 aromatic rings. The number of halogens is 2. The molecule has 16 heavy (non-hydrogen) atoms. The summed E-state index contributed by atoms with van der Waals surface area (Å²) in [4.78, 5) is 11.1.